The predicted octanol–water partition coefficient (Wildman–Crippen LogP) is 0.960. The Morgan fingerprint density at radius 3 is 2.38 bits per heavy atom. The molecular weight excluding hydrogens is 389 g/mol. The van der Waals surface area contributed by atoms with Gasteiger partial charge in [0.15, 0.2) is 6.54 Å². The fraction of sp³-hybridized carbons (Fsp3) is 0.316. The van der Waals surface area contributed by atoms with Gasteiger partial charge in [-0.2, -0.15) is 0 Å². The van der Waals surface area contributed by atoms with E-state index in [-0.39, 0.29) is 24.1 Å². The molecule has 0 aliphatic carbocycles. The number of piperazine rings is 1. The average Bonchev–Trinajstić information content (AvgIpc) is 2.69. The number of carbonyl (C=O) groups is 2. The lowest BCUT2D eigenvalue weighted by Crippen LogP contribution is -3.15. The van der Waals surface area contributed by atoms with E-state index in [4.69, 9.17) is 0 Å². The summed E-state index contributed by atoms with van der Waals surface area (Å²) in [5.41, 5.74) is 0.777. The Labute approximate surface area is 165 Å². The molecular formula is C19H20F3N4O3+. The lowest BCUT2D eigenvalue weighted by atomic mass is 10.2. The van der Waals surface area contributed by atoms with Crippen LogP contribution in [0.15, 0.2) is 48.7 Å². The average molecular weight is 409 g/mol. The van der Waals surface area contributed by atoms with Gasteiger partial charge in [-0.3, -0.25) is 14.6 Å². The number of halogens is 3. The second-order valence-corrected chi connectivity index (χ2v) is 6.55. The molecule has 1 aliphatic heterocycles. The molecule has 1 aromatic heterocycles. The van der Waals surface area contributed by atoms with Gasteiger partial charge in [-0.05, 0) is 36.4 Å². The number of hydrogen-bond donors (Lipinski definition) is 2. The number of hydrogen-bond acceptors (Lipinski definition) is 4. The minimum atomic E-state index is -4.76. The normalized spacial score (nSPS) is 15.1. The van der Waals surface area contributed by atoms with E-state index in [2.05, 4.69) is 15.0 Å². The molecule has 7 nitrogen and oxygen atoms in total. The number of aromatic nitrogens is 1. The van der Waals surface area contributed by atoms with Gasteiger partial charge < -0.3 is 19.9 Å². The smallest absolute Gasteiger partial charge is 0.406 e. The predicted molar refractivity (Wildman–Crippen MR) is 97.5 cm³/mol. The Bertz CT molecular complexity index is 836. The first-order chi connectivity index (χ1) is 13.8. The highest BCUT2D eigenvalue weighted by atomic mass is 19.4. The number of amides is 2. The number of anilines is 1. The number of rotatable bonds is 5. The fourth-order valence-corrected chi connectivity index (χ4v) is 3.03. The van der Waals surface area contributed by atoms with Gasteiger partial charge in [0.1, 0.15) is 11.4 Å². The fourth-order valence-electron chi connectivity index (χ4n) is 3.03. The van der Waals surface area contributed by atoms with Crippen LogP contribution >= 0.6 is 0 Å². The van der Waals surface area contributed by atoms with Crippen molar-refractivity contribution >= 4 is 17.5 Å². The molecule has 1 saturated heterocycles. The standard InChI is InChI=1S/C19H19F3N4O3/c20-19(21,22)29-15-6-4-14(5-7-15)24-17(27)13-25-9-11-26(12-10-25)18(28)16-3-1-2-8-23-16/h1-8H,9-13H2,(H,24,27)/p+1. The van der Waals surface area contributed by atoms with Crippen LogP contribution in [0.4, 0.5) is 18.9 Å². The van der Waals surface area contributed by atoms with E-state index >= 15 is 0 Å². The maximum Gasteiger partial charge on any atom is 0.573 e. The van der Waals surface area contributed by atoms with Gasteiger partial charge in [0.05, 0.1) is 26.2 Å². The Hall–Kier alpha value is -3.14. The van der Waals surface area contributed by atoms with E-state index < -0.39 is 6.36 Å². The molecule has 0 radical (unpaired) electrons. The summed E-state index contributed by atoms with van der Waals surface area (Å²) in [4.78, 5) is 31.4. The highest BCUT2D eigenvalue weighted by molar-refractivity contribution is 5.92. The lowest BCUT2D eigenvalue weighted by Gasteiger charge is -2.31. The second kappa shape index (κ2) is 8.91. The molecule has 10 heteroatoms. The molecule has 0 spiro atoms. The third-order valence-corrected chi connectivity index (χ3v) is 4.42. The summed E-state index contributed by atoms with van der Waals surface area (Å²) >= 11 is 0. The Balaban J connectivity index is 1.44. The molecule has 2 heterocycles. The molecule has 2 N–H and O–H groups in total. The summed E-state index contributed by atoms with van der Waals surface area (Å²) < 4.78 is 40.3. The van der Waals surface area contributed by atoms with Gasteiger partial charge in [0.2, 0.25) is 0 Å². The Morgan fingerprint density at radius 2 is 1.79 bits per heavy atom. The van der Waals surface area contributed by atoms with Crippen LogP contribution in [0.2, 0.25) is 0 Å². The number of pyridine rings is 1. The van der Waals surface area contributed by atoms with E-state index in [1.165, 1.54) is 12.1 Å². The molecule has 0 atom stereocenters. The highest BCUT2D eigenvalue weighted by Gasteiger charge is 2.31. The largest absolute Gasteiger partial charge is 0.573 e. The third-order valence-electron chi connectivity index (χ3n) is 4.42. The highest BCUT2D eigenvalue weighted by Crippen LogP contribution is 2.23. The zero-order chi connectivity index (χ0) is 20.9. The van der Waals surface area contributed by atoms with Crippen LogP contribution in [0.1, 0.15) is 10.5 Å². The summed E-state index contributed by atoms with van der Waals surface area (Å²) in [5, 5.41) is 2.65. The van der Waals surface area contributed by atoms with E-state index in [1.807, 2.05) is 0 Å². The minimum Gasteiger partial charge on any atom is -0.406 e. The molecule has 3 rings (SSSR count). The zero-order valence-corrected chi connectivity index (χ0v) is 15.4. The molecule has 0 saturated carbocycles. The molecule has 2 aromatic rings. The molecule has 1 fully saturated rings. The number of ether oxygens (including phenoxy) is 1. The molecule has 29 heavy (non-hydrogen) atoms. The van der Waals surface area contributed by atoms with E-state index in [0.717, 1.165) is 17.0 Å². The Morgan fingerprint density at radius 1 is 1.10 bits per heavy atom. The van der Waals surface area contributed by atoms with Crippen molar-refractivity contribution < 1.29 is 32.4 Å². The number of alkyl halides is 3. The first-order valence-electron chi connectivity index (χ1n) is 9.00. The van der Waals surface area contributed by atoms with E-state index in [1.54, 1.807) is 29.3 Å². The van der Waals surface area contributed by atoms with Crippen LogP contribution in [0.3, 0.4) is 0 Å². The number of nitrogens with zero attached hydrogens (tertiary/aromatic N) is 2. The molecule has 1 aromatic carbocycles. The van der Waals surface area contributed by atoms with Crippen LogP contribution in [0, 0.1) is 0 Å². The summed E-state index contributed by atoms with van der Waals surface area (Å²) in [7, 11) is 0. The molecule has 2 amide bonds. The summed E-state index contributed by atoms with van der Waals surface area (Å²) in [6.07, 6.45) is -3.19. The van der Waals surface area contributed by atoms with Gasteiger partial charge in [0.25, 0.3) is 11.8 Å². The van der Waals surface area contributed by atoms with Crippen molar-refractivity contribution in [3.63, 3.8) is 0 Å². The van der Waals surface area contributed by atoms with Gasteiger partial charge in [-0.1, -0.05) is 6.07 Å². The summed E-state index contributed by atoms with van der Waals surface area (Å²) in [6, 6.07) is 10.1. The number of nitrogens with one attached hydrogen (secondary N) is 2. The second-order valence-electron chi connectivity index (χ2n) is 6.55. The molecule has 1 aliphatic rings. The summed E-state index contributed by atoms with van der Waals surface area (Å²) in [5.74, 6) is -0.737. The van der Waals surface area contributed by atoms with Crippen molar-refractivity contribution in [1.82, 2.24) is 9.88 Å². The maximum atomic E-state index is 12.4. The zero-order valence-electron chi connectivity index (χ0n) is 15.4. The maximum absolute atomic E-state index is 12.4. The van der Waals surface area contributed by atoms with Gasteiger partial charge in [0, 0.05) is 11.9 Å². The SMILES string of the molecule is O=C(C[NH+]1CCN(C(=O)c2ccccn2)CC1)Nc1ccc(OC(F)(F)F)cc1. The van der Waals surface area contributed by atoms with Crippen LogP contribution in [-0.4, -0.2) is 60.8 Å². The summed E-state index contributed by atoms with van der Waals surface area (Å²) in [6.45, 7) is 2.46. The van der Waals surface area contributed by atoms with Crippen molar-refractivity contribution in [2.75, 3.05) is 38.0 Å². The van der Waals surface area contributed by atoms with Crippen molar-refractivity contribution in [3.05, 3.63) is 54.4 Å². The van der Waals surface area contributed by atoms with Crippen LogP contribution < -0.4 is 15.0 Å². The number of carbonyl (C=O) groups excluding carboxylic acids is 2. The number of benzene rings is 1. The molecule has 0 bridgehead atoms. The quantitative estimate of drug-likeness (QED) is 0.772. The van der Waals surface area contributed by atoms with Crippen LogP contribution in [-0.2, 0) is 4.79 Å². The van der Waals surface area contributed by atoms with Crippen LogP contribution in [0.25, 0.3) is 0 Å². The van der Waals surface area contributed by atoms with E-state index in [9.17, 15) is 22.8 Å². The topological polar surface area (TPSA) is 76.0 Å². The van der Waals surface area contributed by atoms with Gasteiger partial charge >= 0.3 is 6.36 Å². The molecule has 0 unspecified atom stereocenters. The van der Waals surface area contributed by atoms with E-state index in [0.29, 0.717) is 37.6 Å². The van der Waals surface area contributed by atoms with Gasteiger partial charge in [-0.25, -0.2) is 0 Å². The first-order valence-corrected chi connectivity index (χ1v) is 9.00. The number of quaternary nitrogens is 1. The third kappa shape index (κ3) is 6.18. The molecule has 154 valence electrons. The minimum absolute atomic E-state index is 0.129. The van der Waals surface area contributed by atoms with Crippen molar-refractivity contribution in [2.45, 2.75) is 6.36 Å². The van der Waals surface area contributed by atoms with Crippen molar-refractivity contribution in [2.24, 2.45) is 0 Å². The first kappa shape index (κ1) is 20.6. The van der Waals surface area contributed by atoms with Crippen LogP contribution in [0.5, 0.6) is 5.75 Å². The van der Waals surface area contributed by atoms with Gasteiger partial charge in [-0.15, -0.1) is 13.2 Å². The Kier molecular flexibility index (Phi) is 6.32. The van der Waals surface area contributed by atoms with Crippen molar-refractivity contribution in [1.29, 1.82) is 0 Å². The lowest BCUT2D eigenvalue weighted by molar-refractivity contribution is -0.895. The van der Waals surface area contributed by atoms with Crippen molar-refractivity contribution in [3.8, 4) is 5.75 Å². The monoisotopic (exact) mass is 409 g/mol.